The molecule has 4 N–H and O–H groups in total. The lowest BCUT2D eigenvalue weighted by atomic mass is 10.1. The van der Waals surface area contributed by atoms with E-state index in [1.54, 1.807) is 6.07 Å². The molecule has 0 saturated carbocycles. The fourth-order valence-electron chi connectivity index (χ4n) is 2.75. The summed E-state index contributed by atoms with van der Waals surface area (Å²) in [5.74, 6) is 1.28. The van der Waals surface area contributed by atoms with Crippen LogP contribution in [-0.2, 0) is 0 Å². The minimum Gasteiger partial charge on any atom is -0.456 e. The highest BCUT2D eigenvalue weighted by molar-refractivity contribution is 6.32. The summed E-state index contributed by atoms with van der Waals surface area (Å²) >= 11 is 6.39. The van der Waals surface area contributed by atoms with Crippen molar-refractivity contribution in [1.82, 2.24) is 0 Å². The number of nitrogens with zero attached hydrogens (tertiary/aromatic N) is 1. The molecule has 0 aromatic heterocycles. The molecule has 1 unspecified atom stereocenters. The average Bonchev–Trinajstić information content (AvgIpc) is 2.98. The lowest BCUT2D eigenvalue weighted by molar-refractivity contribution is 0.483. The minimum absolute atomic E-state index is 0.400. The molecule has 120 valence electrons. The molecule has 1 aliphatic rings. The third-order valence-electron chi connectivity index (χ3n) is 3.87. The Bertz CT molecular complexity index is 717. The summed E-state index contributed by atoms with van der Waals surface area (Å²) in [4.78, 5) is 2.21. The van der Waals surface area contributed by atoms with E-state index in [0.29, 0.717) is 34.8 Å². The number of benzene rings is 2. The summed E-state index contributed by atoms with van der Waals surface area (Å²) in [5, 5.41) is 0.566. The molecule has 1 atom stereocenters. The van der Waals surface area contributed by atoms with Crippen LogP contribution in [0, 0.1) is 0 Å². The zero-order valence-corrected chi connectivity index (χ0v) is 13.5. The largest absolute Gasteiger partial charge is 0.456 e. The third-order valence-corrected chi connectivity index (χ3v) is 4.16. The first kappa shape index (κ1) is 15.7. The molecule has 23 heavy (non-hydrogen) atoms. The van der Waals surface area contributed by atoms with Gasteiger partial charge in [-0.05, 0) is 49.7 Å². The van der Waals surface area contributed by atoms with E-state index in [1.807, 2.05) is 36.4 Å². The fourth-order valence-corrected chi connectivity index (χ4v) is 2.96. The van der Waals surface area contributed by atoms with Gasteiger partial charge in [0.15, 0.2) is 0 Å². The number of nitrogen functional groups attached to an aromatic ring is 1. The molecule has 0 spiro atoms. The number of hydrogen-bond donors (Lipinski definition) is 2. The highest BCUT2D eigenvalue weighted by Crippen LogP contribution is 2.35. The molecule has 0 bridgehead atoms. The topological polar surface area (TPSA) is 64.5 Å². The van der Waals surface area contributed by atoms with Crippen LogP contribution in [0.15, 0.2) is 54.7 Å². The van der Waals surface area contributed by atoms with Crippen LogP contribution < -0.4 is 21.1 Å². The van der Waals surface area contributed by atoms with Gasteiger partial charge in [0.2, 0.25) is 0 Å². The van der Waals surface area contributed by atoms with Gasteiger partial charge >= 0.3 is 0 Å². The van der Waals surface area contributed by atoms with Crippen LogP contribution in [-0.4, -0.2) is 12.6 Å². The van der Waals surface area contributed by atoms with Gasteiger partial charge in [0.05, 0.1) is 5.02 Å². The van der Waals surface area contributed by atoms with E-state index in [9.17, 15) is 0 Å². The smallest absolute Gasteiger partial charge is 0.146 e. The fraction of sp³-hybridized carbons (Fsp3) is 0.222. The van der Waals surface area contributed by atoms with E-state index >= 15 is 0 Å². The van der Waals surface area contributed by atoms with Gasteiger partial charge in [0.1, 0.15) is 11.5 Å². The highest BCUT2D eigenvalue weighted by Gasteiger charge is 2.20. The van der Waals surface area contributed by atoms with Crippen molar-refractivity contribution < 1.29 is 4.74 Å². The lowest BCUT2D eigenvalue weighted by Crippen LogP contribution is -2.28. The van der Waals surface area contributed by atoms with E-state index in [0.717, 1.165) is 18.5 Å². The second-order valence-corrected chi connectivity index (χ2v) is 5.96. The molecule has 2 aromatic carbocycles. The molecular formula is C18H20ClN3O. The average molecular weight is 330 g/mol. The van der Waals surface area contributed by atoms with E-state index in [-0.39, 0.29) is 0 Å². The molecule has 0 aliphatic carbocycles. The van der Waals surface area contributed by atoms with Gasteiger partial charge in [-0.25, -0.2) is 0 Å². The predicted octanol–water partition coefficient (Wildman–Crippen LogP) is 4.16. The van der Waals surface area contributed by atoms with Crippen molar-refractivity contribution in [2.24, 2.45) is 5.73 Å². The van der Waals surface area contributed by atoms with Crippen LogP contribution in [0.5, 0.6) is 11.5 Å². The Morgan fingerprint density at radius 2 is 2.09 bits per heavy atom. The standard InChI is InChI=1S/C18H20ClN3O/c19-17-12-15(22-10-2-4-14(22)8-9-20)6-7-18(17)23-16-5-1-3-13(21)11-16/h1-3,5-7,10-12,14H,4,8-9,20-21H2. The number of ether oxygens (including phenoxy) is 1. The van der Waals surface area contributed by atoms with Gasteiger partial charge in [-0.1, -0.05) is 23.7 Å². The van der Waals surface area contributed by atoms with Gasteiger partial charge in [-0.3, -0.25) is 0 Å². The summed E-state index contributed by atoms with van der Waals surface area (Å²) in [6.07, 6.45) is 6.21. The Morgan fingerprint density at radius 1 is 1.22 bits per heavy atom. The molecule has 0 fully saturated rings. The van der Waals surface area contributed by atoms with Gasteiger partial charge in [0, 0.05) is 29.7 Å². The quantitative estimate of drug-likeness (QED) is 0.808. The third kappa shape index (κ3) is 3.60. The summed E-state index contributed by atoms with van der Waals surface area (Å²) in [6, 6.07) is 13.5. The minimum atomic E-state index is 0.400. The maximum Gasteiger partial charge on any atom is 0.146 e. The Hall–Kier alpha value is -2.17. The van der Waals surface area contributed by atoms with E-state index in [1.165, 1.54) is 0 Å². The normalized spacial score (nSPS) is 16.8. The molecule has 1 aliphatic heterocycles. The Labute approximate surface area is 141 Å². The molecule has 4 nitrogen and oxygen atoms in total. The highest BCUT2D eigenvalue weighted by atomic mass is 35.5. The van der Waals surface area contributed by atoms with Gasteiger partial charge in [-0.2, -0.15) is 0 Å². The van der Waals surface area contributed by atoms with Gasteiger partial charge in [0.25, 0.3) is 0 Å². The zero-order chi connectivity index (χ0) is 16.2. The summed E-state index contributed by atoms with van der Waals surface area (Å²) < 4.78 is 5.81. The molecule has 5 heteroatoms. The first-order valence-corrected chi connectivity index (χ1v) is 8.03. The summed E-state index contributed by atoms with van der Waals surface area (Å²) in [6.45, 7) is 0.674. The maximum atomic E-state index is 6.39. The van der Waals surface area contributed by atoms with Crippen molar-refractivity contribution in [2.45, 2.75) is 18.9 Å². The Kier molecular flexibility index (Phi) is 4.74. The van der Waals surface area contributed by atoms with E-state index < -0.39 is 0 Å². The zero-order valence-electron chi connectivity index (χ0n) is 12.8. The Morgan fingerprint density at radius 3 is 2.83 bits per heavy atom. The van der Waals surface area contributed by atoms with Gasteiger partial charge in [-0.15, -0.1) is 0 Å². The van der Waals surface area contributed by atoms with Crippen LogP contribution in [0.25, 0.3) is 0 Å². The first-order valence-electron chi connectivity index (χ1n) is 7.65. The summed E-state index contributed by atoms with van der Waals surface area (Å²) in [5.41, 5.74) is 13.2. The van der Waals surface area contributed by atoms with Crippen LogP contribution >= 0.6 is 11.6 Å². The summed E-state index contributed by atoms with van der Waals surface area (Å²) in [7, 11) is 0. The second-order valence-electron chi connectivity index (χ2n) is 5.55. The number of halogens is 1. The lowest BCUT2D eigenvalue weighted by Gasteiger charge is -2.26. The number of nitrogens with two attached hydrogens (primary N) is 2. The molecular weight excluding hydrogens is 310 g/mol. The van der Waals surface area contributed by atoms with Crippen molar-refractivity contribution in [2.75, 3.05) is 17.2 Å². The number of hydrogen-bond acceptors (Lipinski definition) is 4. The second kappa shape index (κ2) is 6.94. The van der Waals surface area contributed by atoms with Crippen LogP contribution in [0.4, 0.5) is 11.4 Å². The monoisotopic (exact) mass is 329 g/mol. The van der Waals surface area contributed by atoms with Crippen molar-refractivity contribution >= 4 is 23.0 Å². The van der Waals surface area contributed by atoms with Crippen LogP contribution in [0.3, 0.4) is 0 Å². The van der Waals surface area contributed by atoms with Crippen molar-refractivity contribution in [3.05, 3.63) is 59.8 Å². The maximum absolute atomic E-state index is 6.39. The predicted molar refractivity (Wildman–Crippen MR) is 96.1 cm³/mol. The van der Waals surface area contributed by atoms with Crippen LogP contribution in [0.1, 0.15) is 12.8 Å². The van der Waals surface area contributed by atoms with Crippen molar-refractivity contribution in [3.8, 4) is 11.5 Å². The SMILES string of the molecule is NCCC1CC=CN1c1ccc(Oc2cccc(N)c2)c(Cl)c1. The van der Waals surface area contributed by atoms with Crippen molar-refractivity contribution in [3.63, 3.8) is 0 Å². The molecule has 1 heterocycles. The van der Waals surface area contributed by atoms with E-state index in [2.05, 4.69) is 17.2 Å². The molecule has 0 radical (unpaired) electrons. The number of rotatable bonds is 5. The molecule has 3 rings (SSSR count). The molecule has 2 aromatic rings. The Balaban J connectivity index is 1.79. The van der Waals surface area contributed by atoms with Crippen LogP contribution in [0.2, 0.25) is 5.02 Å². The van der Waals surface area contributed by atoms with E-state index in [4.69, 9.17) is 27.8 Å². The van der Waals surface area contributed by atoms with Gasteiger partial charge < -0.3 is 21.1 Å². The molecule has 0 saturated heterocycles. The molecule has 0 amide bonds. The first-order chi connectivity index (χ1) is 11.2. The van der Waals surface area contributed by atoms with Crippen molar-refractivity contribution in [1.29, 1.82) is 0 Å². The number of anilines is 2.